The quantitative estimate of drug-likeness (QED) is 0.476. The largest absolute Gasteiger partial charge is 0.493 e. The number of hydrogen-bond donors (Lipinski definition) is 1. The molecule has 0 aliphatic carbocycles. The number of terminal acetylenes is 1. The van der Waals surface area contributed by atoms with Gasteiger partial charge >= 0.3 is 5.97 Å². The molecule has 1 aromatic heterocycles. The Bertz CT molecular complexity index is 1490. The van der Waals surface area contributed by atoms with Crippen molar-refractivity contribution < 1.29 is 23.8 Å². The maximum atomic E-state index is 13.7. The third-order valence-corrected chi connectivity index (χ3v) is 6.24. The van der Waals surface area contributed by atoms with Crippen molar-refractivity contribution in [1.82, 2.24) is 4.98 Å². The van der Waals surface area contributed by atoms with E-state index >= 15 is 0 Å². The zero-order chi connectivity index (χ0) is 27.3. The molecule has 5 nitrogen and oxygen atoms in total. The predicted molar refractivity (Wildman–Crippen MR) is 145 cm³/mol. The van der Waals surface area contributed by atoms with Crippen molar-refractivity contribution in [2.24, 2.45) is 0 Å². The molecule has 192 valence electrons. The van der Waals surface area contributed by atoms with Crippen molar-refractivity contribution in [3.8, 4) is 12.8 Å². The van der Waals surface area contributed by atoms with Crippen molar-refractivity contribution in [2.75, 3.05) is 13.3 Å². The molecule has 0 amide bonds. The molecule has 2 heterocycles. The fourth-order valence-corrected chi connectivity index (χ4v) is 4.57. The number of fused-ring (bicyclic) bond motifs is 2. The molecule has 1 N–H and O–H groups in total. The number of halogens is 1. The van der Waals surface area contributed by atoms with E-state index in [2.05, 4.69) is 30.5 Å². The summed E-state index contributed by atoms with van der Waals surface area (Å²) in [6, 6.07) is 9.94. The maximum Gasteiger partial charge on any atom is 0.337 e. The van der Waals surface area contributed by atoms with Gasteiger partial charge in [0.2, 0.25) is 0 Å². The van der Waals surface area contributed by atoms with Crippen LogP contribution in [0.15, 0.2) is 49.2 Å². The molecule has 6 heteroatoms. The van der Waals surface area contributed by atoms with Crippen LogP contribution in [0.25, 0.3) is 22.6 Å². The summed E-state index contributed by atoms with van der Waals surface area (Å²) in [7, 11) is 0. The molecule has 0 radical (unpaired) electrons. The second kappa shape index (κ2) is 11.4. The molecule has 4 rings (SSSR count). The highest BCUT2D eigenvalue weighted by atomic mass is 19.1. The lowest BCUT2D eigenvalue weighted by atomic mass is 9.89. The van der Waals surface area contributed by atoms with Gasteiger partial charge in [-0.3, -0.25) is 4.98 Å². The van der Waals surface area contributed by atoms with E-state index in [1.54, 1.807) is 26.1 Å². The van der Waals surface area contributed by atoms with E-state index in [1.807, 2.05) is 44.2 Å². The van der Waals surface area contributed by atoms with Crippen LogP contribution in [0.3, 0.4) is 0 Å². The first-order chi connectivity index (χ1) is 17.6. The van der Waals surface area contributed by atoms with Gasteiger partial charge in [-0.2, -0.15) is 0 Å². The van der Waals surface area contributed by atoms with Gasteiger partial charge in [-0.05, 0) is 73.4 Å². The molecule has 37 heavy (non-hydrogen) atoms. The van der Waals surface area contributed by atoms with E-state index < -0.39 is 24.3 Å². The lowest BCUT2D eigenvalue weighted by Crippen LogP contribution is -2.37. The molecule has 0 bridgehead atoms. The second-order valence-electron chi connectivity index (χ2n) is 9.52. The van der Waals surface area contributed by atoms with Crippen molar-refractivity contribution in [2.45, 2.75) is 45.8 Å². The Labute approximate surface area is 217 Å². The highest BCUT2D eigenvalue weighted by molar-refractivity contribution is 5.95. The number of nitrogens with zero attached hydrogens (tertiary/aromatic N) is 1. The lowest BCUT2D eigenvalue weighted by Gasteiger charge is -2.28. The van der Waals surface area contributed by atoms with Crippen LogP contribution in [-0.2, 0) is 20.7 Å². The molecule has 1 aliphatic heterocycles. The summed E-state index contributed by atoms with van der Waals surface area (Å²) in [6.07, 6.45) is 12.7. The second-order valence-corrected chi connectivity index (χ2v) is 9.52. The van der Waals surface area contributed by atoms with Crippen molar-refractivity contribution in [3.05, 3.63) is 87.6 Å². The summed E-state index contributed by atoms with van der Waals surface area (Å²) < 4.78 is 25.4. The number of carboxylic acids is 1. The number of pyridine rings is 1. The Hall–Kier alpha value is -3.95. The Kier molecular flexibility index (Phi) is 8.52. The highest BCUT2D eigenvalue weighted by Crippen LogP contribution is 2.35. The average Bonchev–Trinajstić information content (AvgIpc) is 2.88. The van der Waals surface area contributed by atoms with E-state index in [0.717, 1.165) is 39.1 Å². The third-order valence-electron chi connectivity index (χ3n) is 6.24. The topological polar surface area (TPSA) is 68.7 Å². The van der Waals surface area contributed by atoms with Crippen LogP contribution in [0.1, 0.15) is 47.8 Å². The Balaban J connectivity index is 0.00000186. The number of aromatic nitrogens is 1. The van der Waals surface area contributed by atoms with E-state index in [-0.39, 0.29) is 0 Å². The van der Waals surface area contributed by atoms with Gasteiger partial charge in [0.05, 0.1) is 17.6 Å². The van der Waals surface area contributed by atoms with Crippen LogP contribution < -0.4 is 10.6 Å². The van der Waals surface area contributed by atoms with E-state index in [4.69, 9.17) is 9.47 Å². The molecule has 1 aliphatic rings. The Morgan fingerprint density at radius 1 is 1.30 bits per heavy atom. The normalized spacial score (nSPS) is 14.2. The smallest absolute Gasteiger partial charge is 0.337 e. The SMILES string of the molecule is C#C.C=CC1=c2c(ccn/c2=C\c2c([C@@H](OC(C)(C)CF)C(=O)O)c(C)cc3cc(C)ccc23)CCO1. The first-order valence-corrected chi connectivity index (χ1v) is 11.9. The molecule has 0 saturated carbocycles. The van der Waals surface area contributed by atoms with E-state index in [9.17, 15) is 14.3 Å². The minimum Gasteiger partial charge on any atom is -0.493 e. The number of aliphatic carboxylic acids is 1. The molecule has 1 atom stereocenters. The summed E-state index contributed by atoms with van der Waals surface area (Å²) >= 11 is 0. The fraction of sp³-hybridized carbons (Fsp3) is 0.290. The van der Waals surface area contributed by atoms with Crippen LogP contribution in [0, 0.1) is 26.7 Å². The van der Waals surface area contributed by atoms with Crippen molar-refractivity contribution in [1.29, 1.82) is 0 Å². The minimum atomic E-state index is -1.36. The number of alkyl halides is 1. The molecule has 0 unspecified atom stereocenters. The van der Waals surface area contributed by atoms with Crippen LogP contribution in [0.5, 0.6) is 0 Å². The maximum absolute atomic E-state index is 13.7. The fourth-order valence-electron chi connectivity index (χ4n) is 4.57. The molecule has 3 aromatic rings. The van der Waals surface area contributed by atoms with E-state index in [1.165, 1.54) is 0 Å². The predicted octanol–water partition coefficient (Wildman–Crippen LogP) is 4.69. The van der Waals surface area contributed by atoms with Crippen LogP contribution in [0.2, 0.25) is 0 Å². The lowest BCUT2D eigenvalue weighted by molar-refractivity contribution is -0.163. The van der Waals surface area contributed by atoms with Crippen LogP contribution >= 0.6 is 0 Å². The molecule has 2 aromatic carbocycles. The van der Waals surface area contributed by atoms with E-state index in [0.29, 0.717) is 28.8 Å². The van der Waals surface area contributed by atoms with Crippen LogP contribution in [-0.4, -0.2) is 34.9 Å². The Morgan fingerprint density at radius 3 is 2.68 bits per heavy atom. The number of ether oxygens (including phenoxy) is 2. The standard InChI is InChI=1S/C29H30FNO4.C2H2/c1-6-24-26-19(10-12-34-24)9-11-31-23(26)15-22-21-8-7-17(2)13-20(21)14-18(3)25(22)27(28(32)33)35-29(4,5)16-30;1-2/h6-9,11,13-15,27H,1,10,12,16H2,2-5H3,(H,32,33);1-2H/b23-15-;/t27-;/m1./s1. The molecule has 0 fully saturated rings. The summed E-state index contributed by atoms with van der Waals surface area (Å²) in [5.74, 6) is -0.537. The van der Waals surface area contributed by atoms with Gasteiger partial charge in [0.25, 0.3) is 0 Å². The summed E-state index contributed by atoms with van der Waals surface area (Å²) in [6.45, 7) is 10.6. The summed E-state index contributed by atoms with van der Waals surface area (Å²) in [5.41, 5.74) is 2.81. The monoisotopic (exact) mass is 501 g/mol. The van der Waals surface area contributed by atoms with Gasteiger partial charge in [-0.1, -0.05) is 36.4 Å². The first-order valence-electron chi connectivity index (χ1n) is 11.9. The first kappa shape index (κ1) is 27.6. The number of rotatable bonds is 7. The number of benzene rings is 2. The van der Waals surface area contributed by atoms with Crippen molar-refractivity contribution in [3.63, 3.8) is 0 Å². The minimum absolute atomic E-state index is 0.478. The number of carbonyl (C=O) groups is 1. The number of aryl methyl sites for hydroxylation is 2. The van der Waals surface area contributed by atoms with Gasteiger partial charge < -0.3 is 14.6 Å². The average molecular weight is 502 g/mol. The summed E-state index contributed by atoms with van der Waals surface area (Å²) in [4.78, 5) is 17.1. The third kappa shape index (κ3) is 5.73. The highest BCUT2D eigenvalue weighted by Gasteiger charge is 2.33. The van der Waals surface area contributed by atoms with Gasteiger partial charge in [-0.15, -0.1) is 12.8 Å². The number of hydrogen-bond acceptors (Lipinski definition) is 4. The van der Waals surface area contributed by atoms with Gasteiger partial charge in [0, 0.05) is 23.4 Å². The molecular weight excluding hydrogens is 469 g/mol. The van der Waals surface area contributed by atoms with Gasteiger partial charge in [0.15, 0.2) is 6.10 Å². The number of carboxylic acid groups (broad SMARTS) is 1. The zero-order valence-corrected chi connectivity index (χ0v) is 21.7. The van der Waals surface area contributed by atoms with Crippen LogP contribution in [0.4, 0.5) is 4.39 Å². The molecular formula is C31H32FNO4. The molecule has 0 saturated heterocycles. The van der Waals surface area contributed by atoms with Gasteiger partial charge in [0.1, 0.15) is 12.4 Å². The Morgan fingerprint density at radius 2 is 2.03 bits per heavy atom. The van der Waals surface area contributed by atoms with Crippen molar-refractivity contribution >= 4 is 28.6 Å². The van der Waals surface area contributed by atoms with Gasteiger partial charge in [-0.25, -0.2) is 9.18 Å². The zero-order valence-electron chi connectivity index (χ0n) is 21.7. The summed E-state index contributed by atoms with van der Waals surface area (Å²) in [5, 5.41) is 13.5. The molecule has 0 spiro atoms.